The van der Waals surface area contributed by atoms with Crippen molar-refractivity contribution in [3.63, 3.8) is 0 Å². The lowest BCUT2D eigenvalue weighted by molar-refractivity contribution is 0.0689. The number of carbonyl (C=O) groups excluding carboxylic acids is 1. The summed E-state index contributed by atoms with van der Waals surface area (Å²) in [5.74, 6) is 0.0982. The molecule has 0 aliphatic rings. The van der Waals surface area contributed by atoms with Gasteiger partial charge >= 0.3 is 0 Å². The normalized spacial score (nSPS) is 11.4. The monoisotopic (exact) mass is 294 g/mol. The van der Waals surface area contributed by atoms with Crippen LogP contribution in [-0.4, -0.2) is 36.7 Å². The molecule has 0 aliphatic heterocycles. The minimum atomic E-state index is -0.0515. The van der Waals surface area contributed by atoms with Gasteiger partial charge in [-0.2, -0.15) is 0 Å². The Morgan fingerprint density at radius 2 is 1.90 bits per heavy atom. The Morgan fingerprint density at radius 3 is 2.35 bits per heavy atom. The SMILES string of the molecule is CCCN(CC(C)(C)CN)C(=O)c1ccc(SC)cc1. The number of carbonyl (C=O) groups is 1. The van der Waals surface area contributed by atoms with Crippen LogP contribution in [0.1, 0.15) is 37.6 Å². The van der Waals surface area contributed by atoms with E-state index in [0.717, 1.165) is 18.5 Å². The predicted octanol–water partition coefficient (Wildman–Crippen LogP) is 3.25. The summed E-state index contributed by atoms with van der Waals surface area (Å²) < 4.78 is 0. The highest BCUT2D eigenvalue weighted by Gasteiger charge is 2.24. The van der Waals surface area contributed by atoms with Crippen molar-refractivity contribution in [2.45, 2.75) is 32.1 Å². The Kier molecular flexibility index (Phi) is 6.56. The highest BCUT2D eigenvalue weighted by molar-refractivity contribution is 7.98. The molecule has 0 radical (unpaired) electrons. The maximum Gasteiger partial charge on any atom is 0.253 e. The van der Waals surface area contributed by atoms with Crippen molar-refractivity contribution >= 4 is 17.7 Å². The van der Waals surface area contributed by atoms with Crippen molar-refractivity contribution in [2.24, 2.45) is 11.1 Å². The molecule has 0 unspecified atom stereocenters. The minimum absolute atomic E-state index is 0.0515. The molecule has 1 aromatic carbocycles. The molecule has 1 aromatic rings. The molecule has 0 saturated carbocycles. The van der Waals surface area contributed by atoms with Gasteiger partial charge in [0, 0.05) is 23.5 Å². The zero-order valence-corrected chi connectivity index (χ0v) is 13.8. The molecule has 0 atom stereocenters. The van der Waals surface area contributed by atoms with Gasteiger partial charge in [0.15, 0.2) is 0 Å². The van der Waals surface area contributed by atoms with E-state index < -0.39 is 0 Å². The van der Waals surface area contributed by atoms with E-state index in [1.165, 1.54) is 4.90 Å². The van der Waals surface area contributed by atoms with Crippen molar-refractivity contribution in [2.75, 3.05) is 25.9 Å². The Labute approximate surface area is 126 Å². The van der Waals surface area contributed by atoms with Crippen LogP contribution in [0.25, 0.3) is 0 Å². The van der Waals surface area contributed by atoms with Gasteiger partial charge in [-0.25, -0.2) is 0 Å². The summed E-state index contributed by atoms with van der Waals surface area (Å²) in [6.45, 7) is 8.32. The Bertz CT molecular complexity index is 429. The van der Waals surface area contributed by atoms with Crippen LogP contribution in [0.15, 0.2) is 29.2 Å². The lowest BCUT2D eigenvalue weighted by Crippen LogP contribution is -2.42. The van der Waals surface area contributed by atoms with Crippen LogP contribution in [0.2, 0.25) is 0 Å². The van der Waals surface area contributed by atoms with Crippen LogP contribution < -0.4 is 5.73 Å². The standard InChI is InChI=1S/C16H26N2OS/c1-5-10-18(12-16(2,3)11-17)15(19)13-6-8-14(20-4)9-7-13/h6-9H,5,10-12,17H2,1-4H3. The molecule has 3 nitrogen and oxygen atoms in total. The van der Waals surface area contributed by atoms with E-state index in [0.29, 0.717) is 13.1 Å². The zero-order valence-electron chi connectivity index (χ0n) is 13.0. The summed E-state index contributed by atoms with van der Waals surface area (Å²) in [7, 11) is 0. The summed E-state index contributed by atoms with van der Waals surface area (Å²) in [6, 6.07) is 7.81. The molecule has 4 heteroatoms. The second-order valence-electron chi connectivity index (χ2n) is 5.82. The predicted molar refractivity (Wildman–Crippen MR) is 87.3 cm³/mol. The third-order valence-electron chi connectivity index (χ3n) is 3.29. The van der Waals surface area contributed by atoms with Crippen molar-refractivity contribution in [3.05, 3.63) is 29.8 Å². The number of nitrogens with two attached hydrogens (primary N) is 1. The van der Waals surface area contributed by atoms with Crippen molar-refractivity contribution in [1.82, 2.24) is 4.90 Å². The molecular formula is C16H26N2OS. The third kappa shape index (κ3) is 4.84. The van der Waals surface area contributed by atoms with Gasteiger partial charge in [-0.3, -0.25) is 4.79 Å². The van der Waals surface area contributed by atoms with Gasteiger partial charge in [-0.15, -0.1) is 11.8 Å². The van der Waals surface area contributed by atoms with Crippen molar-refractivity contribution < 1.29 is 4.79 Å². The number of benzene rings is 1. The van der Waals surface area contributed by atoms with Gasteiger partial charge in [0.25, 0.3) is 5.91 Å². The van der Waals surface area contributed by atoms with Gasteiger partial charge in [-0.05, 0) is 48.9 Å². The molecule has 0 aliphatic carbocycles. The number of rotatable bonds is 7. The Morgan fingerprint density at radius 1 is 1.30 bits per heavy atom. The van der Waals surface area contributed by atoms with Gasteiger partial charge in [-0.1, -0.05) is 20.8 Å². The van der Waals surface area contributed by atoms with Gasteiger partial charge in [0.05, 0.1) is 0 Å². The van der Waals surface area contributed by atoms with Crippen molar-refractivity contribution in [1.29, 1.82) is 0 Å². The Balaban J connectivity index is 2.87. The van der Waals surface area contributed by atoms with E-state index in [1.54, 1.807) is 11.8 Å². The summed E-state index contributed by atoms with van der Waals surface area (Å²) >= 11 is 1.68. The van der Waals surface area contributed by atoms with Crippen LogP contribution in [-0.2, 0) is 0 Å². The van der Waals surface area contributed by atoms with Crippen molar-refractivity contribution in [3.8, 4) is 0 Å². The van der Waals surface area contributed by atoms with Gasteiger partial charge < -0.3 is 10.6 Å². The second kappa shape index (κ2) is 7.70. The quantitative estimate of drug-likeness (QED) is 0.785. The average Bonchev–Trinajstić information content (AvgIpc) is 2.46. The molecule has 0 bridgehead atoms. The lowest BCUT2D eigenvalue weighted by Gasteiger charge is -2.31. The lowest BCUT2D eigenvalue weighted by atomic mass is 9.92. The number of nitrogens with zero attached hydrogens (tertiary/aromatic N) is 1. The first-order valence-electron chi connectivity index (χ1n) is 7.07. The maximum absolute atomic E-state index is 12.6. The molecule has 0 spiro atoms. The van der Waals surface area contributed by atoms with E-state index in [4.69, 9.17) is 5.73 Å². The van der Waals surface area contributed by atoms with Crippen LogP contribution in [0.4, 0.5) is 0 Å². The van der Waals surface area contributed by atoms with Gasteiger partial charge in [0.2, 0.25) is 0 Å². The number of hydrogen-bond acceptors (Lipinski definition) is 3. The molecule has 0 aromatic heterocycles. The highest BCUT2D eigenvalue weighted by Crippen LogP contribution is 2.19. The molecule has 2 N–H and O–H groups in total. The summed E-state index contributed by atoms with van der Waals surface area (Å²) in [4.78, 5) is 15.7. The molecular weight excluding hydrogens is 268 g/mol. The summed E-state index contributed by atoms with van der Waals surface area (Å²) in [5.41, 5.74) is 6.49. The minimum Gasteiger partial charge on any atom is -0.338 e. The fraction of sp³-hybridized carbons (Fsp3) is 0.562. The average molecular weight is 294 g/mol. The molecule has 0 heterocycles. The first kappa shape index (κ1) is 17.1. The summed E-state index contributed by atoms with van der Waals surface area (Å²) in [5, 5.41) is 0. The maximum atomic E-state index is 12.6. The van der Waals surface area contributed by atoms with Crippen LogP contribution >= 0.6 is 11.8 Å². The molecule has 0 saturated heterocycles. The number of amides is 1. The Hall–Kier alpha value is -1.00. The molecule has 1 rings (SSSR count). The van der Waals surface area contributed by atoms with E-state index >= 15 is 0 Å². The van der Waals surface area contributed by atoms with Crippen LogP contribution in [0.5, 0.6) is 0 Å². The van der Waals surface area contributed by atoms with Gasteiger partial charge in [0.1, 0.15) is 0 Å². The van der Waals surface area contributed by atoms with E-state index in [9.17, 15) is 4.79 Å². The smallest absolute Gasteiger partial charge is 0.253 e. The number of hydrogen-bond donors (Lipinski definition) is 1. The molecule has 0 fully saturated rings. The first-order valence-corrected chi connectivity index (χ1v) is 8.29. The fourth-order valence-corrected chi connectivity index (χ4v) is 2.43. The van der Waals surface area contributed by atoms with Crippen LogP contribution in [0.3, 0.4) is 0 Å². The zero-order chi connectivity index (χ0) is 15.2. The van der Waals surface area contributed by atoms with E-state index in [2.05, 4.69) is 20.8 Å². The summed E-state index contributed by atoms with van der Waals surface area (Å²) in [6.07, 6.45) is 2.99. The first-order chi connectivity index (χ1) is 9.43. The molecule has 1 amide bonds. The van der Waals surface area contributed by atoms with Crippen LogP contribution in [0, 0.1) is 5.41 Å². The van der Waals surface area contributed by atoms with E-state index in [-0.39, 0.29) is 11.3 Å². The largest absolute Gasteiger partial charge is 0.338 e. The molecule has 112 valence electrons. The highest BCUT2D eigenvalue weighted by atomic mass is 32.2. The third-order valence-corrected chi connectivity index (χ3v) is 4.03. The fourth-order valence-electron chi connectivity index (χ4n) is 2.02. The second-order valence-corrected chi connectivity index (χ2v) is 6.70. The topological polar surface area (TPSA) is 46.3 Å². The number of thioether (sulfide) groups is 1. The van der Waals surface area contributed by atoms with E-state index in [1.807, 2.05) is 35.4 Å². The molecule has 20 heavy (non-hydrogen) atoms.